The summed E-state index contributed by atoms with van der Waals surface area (Å²) in [4.78, 5) is 17.2. The molecule has 0 aliphatic heterocycles. The number of para-hydroxylation sites is 1. The van der Waals surface area contributed by atoms with Gasteiger partial charge in [-0.1, -0.05) is 24.3 Å². The first kappa shape index (κ1) is 19.3. The summed E-state index contributed by atoms with van der Waals surface area (Å²) in [6.07, 6.45) is 3.28. The fourth-order valence-electron chi connectivity index (χ4n) is 3.03. The zero-order valence-corrected chi connectivity index (χ0v) is 16.6. The van der Waals surface area contributed by atoms with Crippen molar-refractivity contribution in [3.05, 3.63) is 78.1 Å². The molecule has 0 spiro atoms. The van der Waals surface area contributed by atoms with Gasteiger partial charge in [-0.05, 0) is 35.9 Å². The van der Waals surface area contributed by atoms with Crippen LogP contribution in [0.1, 0.15) is 15.9 Å². The summed E-state index contributed by atoms with van der Waals surface area (Å²) in [6, 6.07) is 16.8. The van der Waals surface area contributed by atoms with Crippen LogP contribution in [-0.4, -0.2) is 34.7 Å². The van der Waals surface area contributed by atoms with Gasteiger partial charge in [0.2, 0.25) is 0 Å². The van der Waals surface area contributed by atoms with Crippen molar-refractivity contribution in [3.8, 4) is 11.5 Å². The lowest BCUT2D eigenvalue weighted by atomic mass is 10.2. The molecule has 0 saturated heterocycles. The number of nitrogens with one attached hydrogen (secondary N) is 2. The predicted molar refractivity (Wildman–Crippen MR) is 114 cm³/mol. The van der Waals surface area contributed by atoms with Crippen molar-refractivity contribution >= 4 is 23.1 Å². The normalized spacial score (nSPS) is 10.6. The standard InChI is InChI=1S/C22H21N5O3/c1-29-18-9-8-15(12-19(18)30-2)13-23-20-10-11-27-21(26-20)17(14-24-27)22(28)25-16-6-4-3-5-7-16/h3-12,14H,13H2,1-2H3,(H,23,26)(H,25,28). The fraction of sp³-hybridized carbons (Fsp3) is 0.136. The zero-order valence-electron chi connectivity index (χ0n) is 16.6. The van der Waals surface area contributed by atoms with Crippen LogP contribution in [0.5, 0.6) is 11.5 Å². The second kappa shape index (κ2) is 8.52. The lowest BCUT2D eigenvalue weighted by molar-refractivity contribution is 0.102. The maximum Gasteiger partial charge on any atom is 0.261 e. The van der Waals surface area contributed by atoms with E-state index in [1.54, 1.807) is 31.0 Å². The summed E-state index contributed by atoms with van der Waals surface area (Å²) in [5, 5.41) is 10.3. The Bertz CT molecular complexity index is 1170. The molecule has 0 atom stereocenters. The third-order valence-corrected chi connectivity index (χ3v) is 4.57. The zero-order chi connectivity index (χ0) is 20.9. The molecule has 152 valence electrons. The molecule has 2 N–H and O–H groups in total. The minimum atomic E-state index is -0.263. The molecule has 8 nitrogen and oxygen atoms in total. The van der Waals surface area contributed by atoms with E-state index in [9.17, 15) is 4.79 Å². The van der Waals surface area contributed by atoms with E-state index in [4.69, 9.17) is 9.47 Å². The van der Waals surface area contributed by atoms with E-state index in [2.05, 4.69) is 20.7 Å². The summed E-state index contributed by atoms with van der Waals surface area (Å²) in [5.74, 6) is 1.71. The molecule has 0 fully saturated rings. The Kier molecular flexibility index (Phi) is 5.47. The third kappa shape index (κ3) is 4.02. The Hall–Kier alpha value is -4.07. The largest absolute Gasteiger partial charge is 0.493 e. The first-order valence-corrected chi connectivity index (χ1v) is 9.33. The molecule has 8 heteroatoms. The first-order valence-electron chi connectivity index (χ1n) is 9.33. The number of fused-ring (bicyclic) bond motifs is 1. The van der Waals surface area contributed by atoms with Crippen molar-refractivity contribution in [2.75, 3.05) is 24.9 Å². The molecule has 2 aromatic carbocycles. The number of hydrogen-bond donors (Lipinski definition) is 2. The molecule has 0 aliphatic carbocycles. The van der Waals surface area contributed by atoms with E-state index in [0.29, 0.717) is 40.8 Å². The third-order valence-electron chi connectivity index (χ3n) is 4.57. The molecule has 4 rings (SSSR count). The van der Waals surface area contributed by atoms with Crippen LogP contribution in [0.3, 0.4) is 0 Å². The molecular formula is C22H21N5O3. The molecule has 0 radical (unpaired) electrons. The lowest BCUT2D eigenvalue weighted by Gasteiger charge is -2.11. The van der Waals surface area contributed by atoms with Crippen molar-refractivity contribution in [3.63, 3.8) is 0 Å². The van der Waals surface area contributed by atoms with Crippen LogP contribution in [-0.2, 0) is 6.54 Å². The molecule has 0 saturated carbocycles. The number of hydrogen-bond acceptors (Lipinski definition) is 6. The Morgan fingerprint density at radius 3 is 2.60 bits per heavy atom. The topological polar surface area (TPSA) is 89.8 Å². The van der Waals surface area contributed by atoms with E-state index in [0.717, 1.165) is 5.56 Å². The number of benzene rings is 2. The van der Waals surface area contributed by atoms with Crippen molar-refractivity contribution in [2.24, 2.45) is 0 Å². The van der Waals surface area contributed by atoms with Gasteiger partial charge in [-0.2, -0.15) is 5.10 Å². The summed E-state index contributed by atoms with van der Waals surface area (Å²) in [5.41, 5.74) is 2.59. The summed E-state index contributed by atoms with van der Waals surface area (Å²) in [6.45, 7) is 0.531. The van der Waals surface area contributed by atoms with Crippen LogP contribution in [0.15, 0.2) is 67.0 Å². The monoisotopic (exact) mass is 403 g/mol. The number of aromatic nitrogens is 3. The minimum Gasteiger partial charge on any atom is -0.493 e. The summed E-state index contributed by atoms with van der Waals surface area (Å²) < 4.78 is 12.2. The van der Waals surface area contributed by atoms with Crippen LogP contribution in [0, 0.1) is 0 Å². The summed E-state index contributed by atoms with van der Waals surface area (Å²) >= 11 is 0. The van der Waals surface area contributed by atoms with Gasteiger partial charge in [-0.3, -0.25) is 4.79 Å². The Morgan fingerprint density at radius 1 is 1.03 bits per heavy atom. The molecule has 0 unspecified atom stereocenters. The Balaban J connectivity index is 1.52. The average molecular weight is 403 g/mol. The van der Waals surface area contributed by atoms with Crippen molar-refractivity contribution in [1.29, 1.82) is 0 Å². The molecular weight excluding hydrogens is 382 g/mol. The number of carbonyl (C=O) groups is 1. The van der Waals surface area contributed by atoms with Crippen LogP contribution >= 0.6 is 0 Å². The van der Waals surface area contributed by atoms with E-state index >= 15 is 0 Å². The lowest BCUT2D eigenvalue weighted by Crippen LogP contribution is -2.12. The van der Waals surface area contributed by atoms with Gasteiger partial charge in [0.1, 0.15) is 11.4 Å². The molecule has 2 aromatic heterocycles. The maximum absolute atomic E-state index is 12.7. The van der Waals surface area contributed by atoms with E-state index < -0.39 is 0 Å². The molecule has 0 aliphatic rings. The number of ether oxygens (including phenoxy) is 2. The molecule has 2 heterocycles. The van der Waals surface area contributed by atoms with Gasteiger partial charge >= 0.3 is 0 Å². The SMILES string of the molecule is COc1ccc(CNc2ccn3ncc(C(=O)Nc4ccccc4)c3n2)cc1OC. The average Bonchev–Trinajstić information content (AvgIpc) is 3.21. The first-order chi connectivity index (χ1) is 14.7. The highest BCUT2D eigenvalue weighted by Gasteiger charge is 2.15. The van der Waals surface area contributed by atoms with Crippen molar-refractivity contribution in [2.45, 2.75) is 6.54 Å². The maximum atomic E-state index is 12.7. The smallest absolute Gasteiger partial charge is 0.261 e. The quantitative estimate of drug-likeness (QED) is 0.490. The Labute approximate surface area is 173 Å². The van der Waals surface area contributed by atoms with E-state index in [-0.39, 0.29) is 5.91 Å². The second-order valence-corrected chi connectivity index (χ2v) is 6.50. The van der Waals surface area contributed by atoms with Crippen LogP contribution in [0.2, 0.25) is 0 Å². The van der Waals surface area contributed by atoms with Crippen LogP contribution in [0.25, 0.3) is 5.65 Å². The number of carbonyl (C=O) groups excluding carboxylic acids is 1. The highest BCUT2D eigenvalue weighted by Crippen LogP contribution is 2.27. The van der Waals surface area contributed by atoms with Gasteiger partial charge in [0.05, 0.1) is 20.4 Å². The second-order valence-electron chi connectivity index (χ2n) is 6.50. The van der Waals surface area contributed by atoms with E-state index in [1.165, 1.54) is 6.20 Å². The number of anilines is 2. The number of rotatable bonds is 7. The Morgan fingerprint density at radius 2 is 1.83 bits per heavy atom. The number of amides is 1. The fourth-order valence-corrected chi connectivity index (χ4v) is 3.03. The van der Waals surface area contributed by atoms with Gasteiger partial charge in [0.25, 0.3) is 5.91 Å². The molecule has 0 bridgehead atoms. The highest BCUT2D eigenvalue weighted by atomic mass is 16.5. The van der Waals surface area contributed by atoms with E-state index in [1.807, 2.05) is 48.5 Å². The molecule has 1 amide bonds. The predicted octanol–water partition coefficient (Wildman–Crippen LogP) is 3.61. The number of nitrogens with zero attached hydrogens (tertiary/aromatic N) is 3. The molecule has 30 heavy (non-hydrogen) atoms. The highest BCUT2D eigenvalue weighted by molar-refractivity contribution is 6.08. The van der Waals surface area contributed by atoms with Gasteiger partial charge in [-0.15, -0.1) is 0 Å². The van der Waals surface area contributed by atoms with Crippen molar-refractivity contribution < 1.29 is 14.3 Å². The minimum absolute atomic E-state index is 0.263. The van der Waals surface area contributed by atoms with Gasteiger partial charge in [-0.25, -0.2) is 9.50 Å². The van der Waals surface area contributed by atoms with Crippen LogP contribution in [0.4, 0.5) is 11.5 Å². The molecule has 4 aromatic rings. The van der Waals surface area contributed by atoms with Gasteiger partial charge < -0.3 is 20.1 Å². The van der Waals surface area contributed by atoms with Gasteiger partial charge in [0.15, 0.2) is 17.1 Å². The van der Waals surface area contributed by atoms with Crippen LogP contribution < -0.4 is 20.1 Å². The number of methoxy groups -OCH3 is 2. The van der Waals surface area contributed by atoms with Gasteiger partial charge in [0, 0.05) is 18.4 Å². The summed E-state index contributed by atoms with van der Waals surface area (Å²) in [7, 11) is 3.21. The van der Waals surface area contributed by atoms with Crippen molar-refractivity contribution in [1.82, 2.24) is 14.6 Å².